The maximum atomic E-state index is 13.4. The third kappa shape index (κ3) is 5.98. The lowest BCUT2D eigenvalue weighted by Gasteiger charge is -2.39. The lowest BCUT2D eigenvalue weighted by molar-refractivity contribution is -0.179. The molecule has 2 saturated heterocycles. The minimum atomic E-state index is -1.48. The highest BCUT2D eigenvalue weighted by Gasteiger charge is 2.53. The maximum Gasteiger partial charge on any atom is 0.330 e. The van der Waals surface area contributed by atoms with Crippen molar-refractivity contribution in [3.05, 3.63) is 77.5 Å². The number of rotatable bonds is 10. The molecule has 1 atom stereocenters. The average Bonchev–Trinajstić information content (AvgIpc) is 2.96. The predicted octanol–water partition coefficient (Wildman–Crippen LogP) is 2.57. The Morgan fingerprint density at radius 2 is 1.69 bits per heavy atom. The van der Waals surface area contributed by atoms with Gasteiger partial charge in [0, 0.05) is 26.1 Å². The number of hydrogen-bond donors (Lipinski definition) is 1. The number of urea groups is 1. The highest BCUT2D eigenvalue weighted by Crippen LogP contribution is 2.33. The van der Waals surface area contributed by atoms with Gasteiger partial charge in [-0.05, 0) is 30.4 Å². The number of piperazine rings is 1. The summed E-state index contributed by atoms with van der Waals surface area (Å²) in [6, 6.07) is 17.6. The van der Waals surface area contributed by atoms with Crippen molar-refractivity contribution in [1.29, 1.82) is 0 Å². The van der Waals surface area contributed by atoms with Gasteiger partial charge in [-0.3, -0.25) is 29.4 Å². The Bertz CT molecular complexity index is 1260. The second-order valence-corrected chi connectivity index (χ2v) is 9.51. The number of amides is 5. The predicted molar refractivity (Wildman–Crippen MR) is 141 cm³/mol. The first-order valence-corrected chi connectivity index (χ1v) is 13.1. The number of hydroxylamine groups is 2. The van der Waals surface area contributed by atoms with E-state index in [0.29, 0.717) is 38.1 Å². The number of carbonyl (C=O) groups is 4. The monoisotopic (exact) mass is 532 g/mol. The van der Waals surface area contributed by atoms with Crippen molar-refractivity contribution in [2.45, 2.75) is 44.6 Å². The summed E-state index contributed by atoms with van der Waals surface area (Å²) in [5.41, 5.74) is 0.260. The molecule has 39 heavy (non-hydrogen) atoms. The lowest BCUT2D eigenvalue weighted by Crippen LogP contribution is -2.65. The molecular weight excluding hydrogens is 500 g/mol. The number of nitrogens with zero attached hydrogens (tertiary/aromatic N) is 3. The normalized spacial score (nSPS) is 20.1. The van der Waals surface area contributed by atoms with Gasteiger partial charge in [-0.2, -0.15) is 5.06 Å². The summed E-state index contributed by atoms with van der Waals surface area (Å²) < 4.78 is 0. The fourth-order valence-electron chi connectivity index (χ4n) is 4.96. The van der Waals surface area contributed by atoms with Crippen molar-refractivity contribution in [3.8, 4) is 0 Å². The number of hydrogen-bond acceptors (Lipinski definition) is 7. The van der Waals surface area contributed by atoms with E-state index in [-0.39, 0.29) is 37.5 Å². The number of barbiturate groups is 1. The molecule has 2 aromatic rings. The van der Waals surface area contributed by atoms with Crippen LogP contribution < -0.4 is 5.32 Å². The standard InChI is InChI=1S/C29H32N4O6/c1-2-29(23-13-7-4-8-14-23)26(36)30-28(38)33(27(29)37)16-10-9-15-25(35)32-18-17-31(19-24(32)20-34)39-21-22-11-5-3-6-12-22/h3-8,11-14H,2,9-10,15-19,21H2,1H3,(H,30,36,38). The zero-order chi connectivity index (χ0) is 27.8. The van der Waals surface area contributed by atoms with Crippen molar-refractivity contribution >= 4 is 29.7 Å². The van der Waals surface area contributed by atoms with Gasteiger partial charge in [0.15, 0.2) is 5.41 Å². The molecule has 5 amide bonds. The topological polar surface area (TPSA) is 116 Å². The summed E-state index contributed by atoms with van der Waals surface area (Å²) in [4.78, 5) is 71.5. The van der Waals surface area contributed by atoms with E-state index in [4.69, 9.17) is 4.84 Å². The van der Waals surface area contributed by atoms with Crippen LogP contribution in [0.25, 0.3) is 0 Å². The van der Waals surface area contributed by atoms with Gasteiger partial charge < -0.3 is 4.90 Å². The van der Waals surface area contributed by atoms with Crippen LogP contribution in [0.15, 0.2) is 66.4 Å². The fourth-order valence-corrected chi connectivity index (χ4v) is 4.96. The molecular formula is C29H32N4O6. The Morgan fingerprint density at radius 3 is 2.36 bits per heavy atom. The van der Waals surface area contributed by atoms with E-state index in [1.165, 1.54) is 4.90 Å². The Balaban J connectivity index is 1.29. The molecule has 0 spiro atoms. The van der Waals surface area contributed by atoms with E-state index in [1.807, 2.05) is 36.3 Å². The molecule has 204 valence electrons. The van der Waals surface area contributed by atoms with Gasteiger partial charge in [0.25, 0.3) is 5.91 Å². The maximum absolute atomic E-state index is 13.4. The van der Waals surface area contributed by atoms with Gasteiger partial charge in [-0.1, -0.05) is 67.6 Å². The summed E-state index contributed by atoms with van der Waals surface area (Å²) in [6.45, 7) is 3.05. The molecule has 0 aromatic heterocycles. The van der Waals surface area contributed by atoms with Crippen LogP contribution in [0, 0.1) is 0 Å². The summed E-state index contributed by atoms with van der Waals surface area (Å²) in [5.74, 6) is 0.447. The summed E-state index contributed by atoms with van der Waals surface area (Å²) in [7, 11) is 0. The van der Waals surface area contributed by atoms with E-state index in [2.05, 4.69) is 5.32 Å². The molecule has 2 aliphatic heterocycles. The van der Waals surface area contributed by atoms with Crippen LogP contribution in [-0.4, -0.2) is 70.7 Å². The van der Waals surface area contributed by atoms with Crippen molar-refractivity contribution < 1.29 is 28.8 Å². The second-order valence-electron chi connectivity index (χ2n) is 9.51. The minimum Gasteiger partial charge on any atom is -0.304 e. The molecule has 2 aliphatic rings. The zero-order valence-electron chi connectivity index (χ0n) is 21.9. The zero-order valence-corrected chi connectivity index (χ0v) is 21.9. The van der Waals surface area contributed by atoms with Gasteiger partial charge in [-0.25, -0.2) is 9.59 Å². The molecule has 0 radical (unpaired) electrons. The fraction of sp³-hybridized carbons (Fsp3) is 0.379. The van der Waals surface area contributed by atoms with Crippen LogP contribution in [0.5, 0.6) is 0 Å². The first kappa shape index (κ1) is 27.9. The van der Waals surface area contributed by atoms with Crippen LogP contribution in [0.3, 0.4) is 0 Å². The highest BCUT2D eigenvalue weighted by molar-refractivity contribution is 6.22. The van der Waals surface area contributed by atoms with Crippen molar-refractivity contribution in [2.24, 2.45) is 0 Å². The molecule has 0 aliphatic carbocycles. The highest BCUT2D eigenvalue weighted by atomic mass is 16.7. The quantitative estimate of drug-likeness (QED) is 0.284. The molecule has 2 aromatic carbocycles. The summed E-state index contributed by atoms with van der Waals surface area (Å²) >= 11 is 0. The Kier molecular flexibility index (Phi) is 9.03. The molecule has 2 fully saturated rings. The van der Waals surface area contributed by atoms with Gasteiger partial charge in [0.2, 0.25) is 11.8 Å². The first-order chi connectivity index (χ1) is 18.9. The molecule has 1 unspecified atom stereocenters. The van der Waals surface area contributed by atoms with Crippen molar-refractivity contribution in [1.82, 2.24) is 20.2 Å². The van der Waals surface area contributed by atoms with Gasteiger partial charge >= 0.3 is 6.03 Å². The summed E-state index contributed by atoms with van der Waals surface area (Å²) in [6.07, 6.45) is 1.10. The molecule has 10 heteroatoms. The number of imide groups is 2. The Morgan fingerprint density at radius 1 is 1.00 bits per heavy atom. The largest absolute Gasteiger partial charge is 0.330 e. The molecule has 1 N–H and O–H groups in total. The molecule has 4 rings (SSSR count). The Labute approximate surface area is 227 Å². The number of carbonyl (C=O) groups excluding carboxylic acids is 5. The van der Waals surface area contributed by atoms with Crippen LogP contribution in [0.1, 0.15) is 43.7 Å². The summed E-state index contributed by atoms with van der Waals surface area (Å²) in [5, 5.41) is 3.97. The third-order valence-electron chi connectivity index (χ3n) is 7.18. The lowest BCUT2D eigenvalue weighted by atomic mass is 9.74. The van der Waals surface area contributed by atoms with Gasteiger partial charge in [0.1, 0.15) is 11.6 Å². The minimum absolute atomic E-state index is 0.0668. The molecule has 2 heterocycles. The van der Waals surface area contributed by atoms with Crippen molar-refractivity contribution in [2.75, 3.05) is 26.2 Å². The van der Waals surface area contributed by atoms with Crippen LogP contribution >= 0.6 is 0 Å². The second kappa shape index (κ2) is 12.6. The van der Waals surface area contributed by atoms with Gasteiger partial charge in [0.05, 0.1) is 13.2 Å². The van der Waals surface area contributed by atoms with E-state index in [0.717, 1.165) is 10.5 Å². The molecule has 10 nitrogen and oxygen atoms in total. The number of unbranched alkanes of at least 4 members (excludes halogenated alkanes) is 1. The number of nitrogens with one attached hydrogen (secondary N) is 1. The van der Waals surface area contributed by atoms with E-state index in [1.54, 1.807) is 42.3 Å². The molecule has 0 saturated carbocycles. The molecule has 0 bridgehead atoms. The Hall–Kier alpha value is -4.11. The van der Waals surface area contributed by atoms with E-state index in [9.17, 15) is 24.0 Å². The van der Waals surface area contributed by atoms with Crippen LogP contribution in [0.4, 0.5) is 4.79 Å². The third-order valence-corrected chi connectivity index (χ3v) is 7.18. The SMILES string of the molecule is CCC1(c2ccccc2)C(=O)NC(=O)N(CCCCC(=O)N2CCN(OCc3ccccc3)CC2=C=O)C1=O. The van der Waals surface area contributed by atoms with E-state index < -0.39 is 23.3 Å². The van der Waals surface area contributed by atoms with Gasteiger partial charge in [-0.15, -0.1) is 0 Å². The van der Waals surface area contributed by atoms with Crippen LogP contribution in [-0.2, 0) is 36.0 Å². The van der Waals surface area contributed by atoms with E-state index >= 15 is 0 Å². The van der Waals surface area contributed by atoms with Crippen LogP contribution in [0.2, 0.25) is 0 Å². The smallest absolute Gasteiger partial charge is 0.304 e. The van der Waals surface area contributed by atoms with Crippen molar-refractivity contribution in [3.63, 3.8) is 0 Å². The number of benzene rings is 2. The average molecular weight is 533 g/mol. The first-order valence-electron chi connectivity index (χ1n) is 13.1.